The van der Waals surface area contributed by atoms with E-state index in [0.717, 1.165) is 13.0 Å². The quantitative estimate of drug-likeness (QED) is 0.688. The molecule has 5 nitrogen and oxygen atoms in total. The van der Waals surface area contributed by atoms with E-state index in [-0.39, 0.29) is 30.7 Å². The van der Waals surface area contributed by atoms with Crippen LogP contribution >= 0.6 is 0 Å². The average molecular weight is 230 g/mol. The van der Waals surface area contributed by atoms with Gasteiger partial charge in [0, 0.05) is 19.1 Å². The molecule has 0 aromatic rings. The van der Waals surface area contributed by atoms with Crippen LogP contribution in [-0.2, 0) is 14.3 Å². The molecule has 0 aromatic carbocycles. The average Bonchev–Trinajstić information content (AvgIpc) is 2.30. The number of methoxy groups -OCH3 is 1. The van der Waals surface area contributed by atoms with Gasteiger partial charge in [-0.25, -0.2) is 0 Å². The molecule has 0 aliphatic carbocycles. The molecule has 0 saturated carbocycles. The third kappa shape index (κ3) is 2.93. The van der Waals surface area contributed by atoms with Crippen LogP contribution in [0.25, 0.3) is 0 Å². The number of ether oxygens (including phenoxy) is 2. The van der Waals surface area contributed by atoms with Gasteiger partial charge in [0.1, 0.15) is 6.04 Å². The van der Waals surface area contributed by atoms with Crippen LogP contribution in [0.1, 0.15) is 20.3 Å². The summed E-state index contributed by atoms with van der Waals surface area (Å²) in [6, 6.07) is -0.0925. The fourth-order valence-electron chi connectivity index (χ4n) is 2.11. The maximum absolute atomic E-state index is 11.6. The maximum Gasteiger partial charge on any atom is 0.324 e. The molecule has 1 aliphatic rings. The van der Waals surface area contributed by atoms with E-state index >= 15 is 0 Å². The fraction of sp³-hybridized carbons (Fsp3) is 0.909. The molecule has 1 rings (SSSR count). The summed E-state index contributed by atoms with van der Waals surface area (Å²) in [6.45, 7) is 5.77. The minimum Gasteiger partial charge on any atom is -0.468 e. The van der Waals surface area contributed by atoms with Gasteiger partial charge in [-0.05, 0) is 13.3 Å². The van der Waals surface area contributed by atoms with Crippen LogP contribution in [-0.4, -0.2) is 55.9 Å². The Hall–Kier alpha value is -0.650. The monoisotopic (exact) mass is 230 g/mol. The van der Waals surface area contributed by atoms with Crippen molar-refractivity contribution in [1.29, 1.82) is 0 Å². The molecular weight excluding hydrogens is 208 g/mol. The molecule has 0 radical (unpaired) electrons. The van der Waals surface area contributed by atoms with Crippen molar-refractivity contribution in [2.75, 3.05) is 26.8 Å². The number of hydrogen-bond donors (Lipinski definition) is 1. The zero-order valence-electron chi connectivity index (χ0n) is 10.3. The fourth-order valence-corrected chi connectivity index (χ4v) is 2.11. The van der Waals surface area contributed by atoms with Gasteiger partial charge in [0.05, 0.1) is 19.8 Å². The second kappa shape index (κ2) is 6.18. The zero-order valence-corrected chi connectivity index (χ0v) is 10.3. The maximum atomic E-state index is 11.6. The Morgan fingerprint density at radius 1 is 1.69 bits per heavy atom. The van der Waals surface area contributed by atoms with Crippen LogP contribution in [0.4, 0.5) is 0 Å². The predicted molar refractivity (Wildman–Crippen MR) is 61.1 cm³/mol. The highest BCUT2D eigenvalue weighted by molar-refractivity contribution is 5.76. The Bertz CT molecular complexity index is 235. The molecule has 5 heteroatoms. The first-order chi connectivity index (χ1) is 7.63. The number of carbonyl (C=O) groups is 1. The van der Waals surface area contributed by atoms with Crippen LogP contribution in [0.15, 0.2) is 0 Å². The van der Waals surface area contributed by atoms with Crippen molar-refractivity contribution in [2.45, 2.75) is 38.5 Å². The lowest BCUT2D eigenvalue weighted by molar-refractivity contribution is -0.152. The van der Waals surface area contributed by atoms with E-state index in [1.807, 2.05) is 6.92 Å². The lowest BCUT2D eigenvalue weighted by Gasteiger charge is -2.41. The molecular formula is C11H22N2O3. The number of hydrogen-bond acceptors (Lipinski definition) is 5. The molecule has 2 N–H and O–H groups in total. The Labute approximate surface area is 96.9 Å². The summed E-state index contributed by atoms with van der Waals surface area (Å²) in [6.07, 6.45) is 1.08. The van der Waals surface area contributed by atoms with E-state index < -0.39 is 0 Å². The molecule has 94 valence electrons. The Balaban J connectivity index is 2.74. The standard InChI is InChI=1S/C11H22N2O3/c1-4-9-7-16-8(2)6-13(9)10(5-12)11(14)15-3/h8-10H,4-7,12H2,1-3H3. The third-order valence-electron chi connectivity index (χ3n) is 3.08. The Morgan fingerprint density at radius 3 is 2.88 bits per heavy atom. The summed E-state index contributed by atoms with van der Waals surface area (Å²) in [5.74, 6) is -0.255. The van der Waals surface area contributed by atoms with Crippen LogP contribution in [0.5, 0.6) is 0 Å². The molecule has 1 saturated heterocycles. The highest BCUT2D eigenvalue weighted by atomic mass is 16.5. The number of rotatable bonds is 4. The number of nitrogens with two attached hydrogens (primary N) is 1. The molecule has 0 amide bonds. The minimum absolute atomic E-state index is 0.140. The molecule has 3 atom stereocenters. The van der Waals surface area contributed by atoms with Gasteiger partial charge in [-0.15, -0.1) is 0 Å². The van der Waals surface area contributed by atoms with Crippen molar-refractivity contribution in [1.82, 2.24) is 4.90 Å². The van der Waals surface area contributed by atoms with Crippen LogP contribution < -0.4 is 5.73 Å². The molecule has 1 fully saturated rings. The van der Waals surface area contributed by atoms with Crippen molar-refractivity contribution in [2.24, 2.45) is 5.73 Å². The first-order valence-electron chi connectivity index (χ1n) is 5.79. The molecule has 16 heavy (non-hydrogen) atoms. The van der Waals surface area contributed by atoms with Gasteiger partial charge in [-0.3, -0.25) is 9.69 Å². The first-order valence-corrected chi connectivity index (χ1v) is 5.79. The van der Waals surface area contributed by atoms with Gasteiger partial charge in [0.15, 0.2) is 0 Å². The van der Waals surface area contributed by atoms with Crippen molar-refractivity contribution in [3.8, 4) is 0 Å². The van der Waals surface area contributed by atoms with E-state index in [0.29, 0.717) is 6.61 Å². The van der Waals surface area contributed by atoms with Crippen molar-refractivity contribution < 1.29 is 14.3 Å². The zero-order chi connectivity index (χ0) is 12.1. The van der Waals surface area contributed by atoms with Gasteiger partial charge >= 0.3 is 5.97 Å². The minimum atomic E-state index is -0.346. The van der Waals surface area contributed by atoms with E-state index in [4.69, 9.17) is 15.2 Å². The van der Waals surface area contributed by atoms with Gasteiger partial charge in [-0.2, -0.15) is 0 Å². The van der Waals surface area contributed by atoms with Gasteiger partial charge in [0.2, 0.25) is 0 Å². The predicted octanol–water partition coefficient (Wildman–Crippen LogP) is -0.0140. The summed E-state index contributed by atoms with van der Waals surface area (Å²) in [7, 11) is 1.40. The van der Waals surface area contributed by atoms with Gasteiger partial charge in [-0.1, -0.05) is 6.92 Å². The van der Waals surface area contributed by atoms with Gasteiger partial charge < -0.3 is 15.2 Å². The second-order valence-electron chi connectivity index (χ2n) is 4.18. The summed E-state index contributed by atoms with van der Waals surface area (Å²) in [5, 5.41) is 0. The largest absolute Gasteiger partial charge is 0.468 e. The Kier molecular flexibility index (Phi) is 5.18. The van der Waals surface area contributed by atoms with Crippen LogP contribution in [0.3, 0.4) is 0 Å². The molecule has 3 unspecified atom stereocenters. The first kappa shape index (κ1) is 13.4. The lowest BCUT2D eigenvalue weighted by Crippen LogP contribution is -2.58. The number of morpholine rings is 1. The van der Waals surface area contributed by atoms with Crippen LogP contribution in [0.2, 0.25) is 0 Å². The summed E-state index contributed by atoms with van der Waals surface area (Å²) in [5.41, 5.74) is 5.66. The number of esters is 1. The van der Waals surface area contributed by atoms with Crippen LogP contribution in [0, 0.1) is 0 Å². The van der Waals surface area contributed by atoms with E-state index in [1.165, 1.54) is 7.11 Å². The number of nitrogens with zero attached hydrogens (tertiary/aromatic N) is 1. The van der Waals surface area contributed by atoms with Gasteiger partial charge in [0.25, 0.3) is 0 Å². The summed E-state index contributed by atoms with van der Waals surface area (Å²) >= 11 is 0. The van der Waals surface area contributed by atoms with Crippen molar-refractivity contribution >= 4 is 5.97 Å². The molecule has 0 aromatic heterocycles. The third-order valence-corrected chi connectivity index (χ3v) is 3.08. The smallest absolute Gasteiger partial charge is 0.324 e. The van der Waals surface area contributed by atoms with Crippen molar-refractivity contribution in [3.05, 3.63) is 0 Å². The highest BCUT2D eigenvalue weighted by Gasteiger charge is 2.34. The molecule has 1 heterocycles. The summed E-state index contributed by atoms with van der Waals surface area (Å²) < 4.78 is 10.4. The second-order valence-corrected chi connectivity index (χ2v) is 4.18. The van der Waals surface area contributed by atoms with E-state index in [1.54, 1.807) is 0 Å². The molecule has 1 aliphatic heterocycles. The lowest BCUT2D eigenvalue weighted by atomic mass is 10.1. The SMILES string of the molecule is CCC1COC(C)CN1C(CN)C(=O)OC. The number of carbonyl (C=O) groups excluding carboxylic acids is 1. The summed E-state index contributed by atoms with van der Waals surface area (Å²) in [4.78, 5) is 13.7. The molecule has 0 spiro atoms. The van der Waals surface area contributed by atoms with E-state index in [2.05, 4.69) is 11.8 Å². The highest BCUT2D eigenvalue weighted by Crippen LogP contribution is 2.17. The van der Waals surface area contributed by atoms with E-state index in [9.17, 15) is 4.79 Å². The van der Waals surface area contributed by atoms with Crippen molar-refractivity contribution in [3.63, 3.8) is 0 Å². The topological polar surface area (TPSA) is 64.8 Å². The normalized spacial score (nSPS) is 28.8. The Morgan fingerprint density at radius 2 is 2.38 bits per heavy atom. The molecule has 0 bridgehead atoms.